The Kier molecular flexibility index (Phi) is 4.26. The molecule has 2 aromatic rings. The maximum atomic E-state index is 14.1. The van der Waals surface area contributed by atoms with Crippen LogP contribution in [-0.2, 0) is 4.79 Å². The number of thioether (sulfide) groups is 1. The van der Waals surface area contributed by atoms with E-state index < -0.39 is 0 Å². The lowest BCUT2D eigenvalue weighted by Crippen LogP contribution is -2.27. The minimum Gasteiger partial charge on any atom is -0.355 e. The molecule has 0 aliphatic heterocycles. The number of nitrogens with zero attached hydrogens (tertiary/aromatic N) is 3. The second-order valence-electron chi connectivity index (χ2n) is 6.42. The van der Waals surface area contributed by atoms with Crippen molar-refractivity contribution in [1.29, 1.82) is 0 Å². The normalized spacial score (nSPS) is 17.0. The van der Waals surface area contributed by atoms with Crippen LogP contribution in [0, 0.1) is 11.7 Å². The van der Waals surface area contributed by atoms with Gasteiger partial charge in [0.2, 0.25) is 5.91 Å². The zero-order valence-corrected chi connectivity index (χ0v) is 14.1. The predicted molar refractivity (Wildman–Crippen MR) is 90.1 cm³/mol. The Bertz CT molecular complexity index is 755. The van der Waals surface area contributed by atoms with Crippen LogP contribution < -0.4 is 5.32 Å². The Labute approximate surface area is 144 Å². The first-order valence-corrected chi connectivity index (χ1v) is 9.30. The Hall–Kier alpha value is -1.89. The number of nitrogens with one attached hydrogen (secondary N) is 1. The van der Waals surface area contributed by atoms with Crippen molar-refractivity contribution in [2.75, 3.05) is 12.3 Å². The van der Waals surface area contributed by atoms with Crippen LogP contribution in [0.4, 0.5) is 4.39 Å². The second kappa shape index (κ2) is 6.55. The molecule has 2 aliphatic carbocycles. The summed E-state index contributed by atoms with van der Waals surface area (Å²) in [6.07, 6.45) is 4.52. The number of halogens is 1. The molecule has 0 bridgehead atoms. The van der Waals surface area contributed by atoms with Crippen LogP contribution in [0.25, 0.3) is 11.4 Å². The number of carbonyl (C=O) groups excluding carboxylic acids is 1. The van der Waals surface area contributed by atoms with E-state index in [0.717, 1.165) is 19.4 Å². The molecule has 24 heavy (non-hydrogen) atoms. The zero-order chi connectivity index (χ0) is 16.5. The molecular formula is C17H19FN4OS. The van der Waals surface area contributed by atoms with E-state index in [1.807, 2.05) is 4.57 Å². The van der Waals surface area contributed by atoms with Crippen LogP contribution in [0.3, 0.4) is 0 Å². The first-order valence-electron chi connectivity index (χ1n) is 8.31. The third-order valence-corrected chi connectivity index (χ3v) is 5.25. The van der Waals surface area contributed by atoms with Crippen molar-refractivity contribution >= 4 is 17.7 Å². The van der Waals surface area contributed by atoms with Crippen molar-refractivity contribution < 1.29 is 9.18 Å². The lowest BCUT2D eigenvalue weighted by Gasteiger charge is -2.09. The third kappa shape index (κ3) is 3.45. The molecule has 126 valence electrons. The summed E-state index contributed by atoms with van der Waals surface area (Å²) in [7, 11) is 0. The predicted octanol–water partition coefficient (Wildman–Crippen LogP) is 3.04. The van der Waals surface area contributed by atoms with Crippen molar-refractivity contribution in [3.63, 3.8) is 0 Å². The molecule has 2 aliphatic rings. The molecule has 1 heterocycles. The van der Waals surface area contributed by atoms with Gasteiger partial charge in [0.05, 0.1) is 11.3 Å². The Morgan fingerprint density at radius 2 is 2.04 bits per heavy atom. The topological polar surface area (TPSA) is 59.8 Å². The molecule has 2 saturated carbocycles. The van der Waals surface area contributed by atoms with Gasteiger partial charge in [-0.2, -0.15) is 0 Å². The van der Waals surface area contributed by atoms with E-state index in [1.165, 1.54) is 30.7 Å². The van der Waals surface area contributed by atoms with Gasteiger partial charge in [0, 0.05) is 12.6 Å². The standard InChI is InChI=1S/C17H19FN4OS/c18-14-4-2-1-3-13(14)16-20-21-17(22(16)12-7-8-12)24-10-15(23)19-9-11-5-6-11/h1-4,11-12H,5-10H2,(H,19,23). The van der Waals surface area contributed by atoms with Gasteiger partial charge in [0.1, 0.15) is 5.82 Å². The average Bonchev–Trinajstić information content (AvgIpc) is 3.50. The largest absolute Gasteiger partial charge is 0.355 e. The second-order valence-corrected chi connectivity index (χ2v) is 7.37. The maximum Gasteiger partial charge on any atom is 0.230 e. The molecule has 1 amide bonds. The summed E-state index contributed by atoms with van der Waals surface area (Å²) in [4.78, 5) is 11.9. The molecular weight excluding hydrogens is 327 g/mol. The van der Waals surface area contributed by atoms with Crippen LogP contribution >= 0.6 is 11.8 Å². The van der Waals surface area contributed by atoms with Gasteiger partial charge in [0.15, 0.2) is 11.0 Å². The van der Waals surface area contributed by atoms with Crippen molar-refractivity contribution in [2.24, 2.45) is 5.92 Å². The van der Waals surface area contributed by atoms with E-state index in [9.17, 15) is 9.18 Å². The highest BCUT2D eigenvalue weighted by molar-refractivity contribution is 7.99. The molecule has 2 fully saturated rings. The highest BCUT2D eigenvalue weighted by Gasteiger charge is 2.31. The summed E-state index contributed by atoms with van der Waals surface area (Å²) >= 11 is 1.37. The van der Waals surface area contributed by atoms with Gasteiger partial charge < -0.3 is 5.32 Å². The number of benzene rings is 1. The van der Waals surface area contributed by atoms with Crippen molar-refractivity contribution in [3.05, 3.63) is 30.1 Å². The first-order chi connectivity index (χ1) is 11.7. The molecule has 0 atom stereocenters. The average molecular weight is 346 g/mol. The number of carbonyl (C=O) groups is 1. The van der Waals surface area contributed by atoms with E-state index in [0.29, 0.717) is 34.3 Å². The van der Waals surface area contributed by atoms with Crippen LogP contribution in [0.1, 0.15) is 31.7 Å². The van der Waals surface area contributed by atoms with Crippen molar-refractivity contribution in [3.8, 4) is 11.4 Å². The number of rotatable bonds is 7. The van der Waals surface area contributed by atoms with E-state index in [1.54, 1.807) is 18.2 Å². The summed E-state index contributed by atoms with van der Waals surface area (Å²) < 4.78 is 16.1. The van der Waals surface area contributed by atoms with Crippen LogP contribution in [0.2, 0.25) is 0 Å². The quantitative estimate of drug-likeness (QED) is 0.783. The molecule has 7 heteroatoms. The molecule has 0 spiro atoms. The smallest absolute Gasteiger partial charge is 0.230 e. The molecule has 0 radical (unpaired) electrons. The summed E-state index contributed by atoms with van der Waals surface area (Å²) in [5, 5.41) is 12.0. The van der Waals surface area contributed by atoms with Gasteiger partial charge in [-0.1, -0.05) is 23.9 Å². The summed E-state index contributed by atoms with van der Waals surface area (Å²) in [6.45, 7) is 0.773. The van der Waals surface area contributed by atoms with Crippen molar-refractivity contribution in [2.45, 2.75) is 36.9 Å². The van der Waals surface area contributed by atoms with Crippen LogP contribution in [0.15, 0.2) is 29.4 Å². The fraction of sp³-hybridized carbons (Fsp3) is 0.471. The highest BCUT2D eigenvalue weighted by atomic mass is 32.2. The molecule has 1 aromatic carbocycles. The molecule has 1 aromatic heterocycles. The Morgan fingerprint density at radius 1 is 1.25 bits per heavy atom. The zero-order valence-electron chi connectivity index (χ0n) is 13.2. The fourth-order valence-electron chi connectivity index (χ4n) is 2.62. The van der Waals surface area contributed by atoms with Crippen molar-refractivity contribution in [1.82, 2.24) is 20.1 Å². The summed E-state index contributed by atoms with van der Waals surface area (Å²) in [5.41, 5.74) is 0.460. The Balaban J connectivity index is 1.49. The summed E-state index contributed by atoms with van der Waals surface area (Å²) in [5.74, 6) is 1.25. The molecule has 0 unspecified atom stereocenters. The van der Waals surface area contributed by atoms with Gasteiger partial charge in [-0.05, 0) is 43.7 Å². The first kappa shape index (κ1) is 15.6. The minimum atomic E-state index is -0.300. The van der Waals surface area contributed by atoms with Gasteiger partial charge >= 0.3 is 0 Å². The van der Waals surface area contributed by atoms with E-state index >= 15 is 0 Å². The number of hydrogen-bond acceptors (Lipinski definition) is 4. The van der Waals surface area contributed by atoms with Crippen LogP contribution in [-0.4, -0.2) is 33.0 Å². The van der Waals surface area contributed by atoms with Gasteiger partial charge in [-0.25, -0.2) is 4.39 Å². The minimum absolute atomic E-state index is 0.0182. The lowest BCUT2D eigenvalue weighted by molar-refractivity contribution is -0.118. The van der Waals surface area contributed by atoms with E-state index in [4.69, 9.17) is 0 Å². The molecule has 1 N–H and O–H groups in total. The van der Waals surface area contributed by atoms with Gasteiger partial charge in [-0.15, -0.1) is 10.2 Å². The third-order valence-electron chi connectivity index (χ3n) is 4.31. The number of amides is 1. The lowest BCUT2D eigenvalue weighted by atomic mass is 10.2. The molecule has 0 saturated heterocycles. The van der Waals surface area contributed by atoms with E-state index in [-0.39, 0.29) is 11.7 Å². The van der Waals surface area contributed by atoms with Crippen LogP contribution in [0.5, 0.6) is 0 Å². The highest BCUT2D eigenvalue weighted by Crippen LogP contribution is 2.41. The molecule has 4 rings (SSSR count). The van der Waals surface area contributed by atoms with Gasteiger partial charge in [-0.3, -0.25) is 9.36 Å². The monoisotopic (exact) mass is 346 g/mol. The SMILES string of the molecule is O=C(CSc1nnc(-c2ccccc2F)n1C1CC1)NCC1CC1. The summed E-state index contributed by atoms with van der Waals surface area (Å²) in [6, 6.07) is 6.92. The Morgan fingerprint density at radius 3 is 2.75 bits per heavy atom. The van der Waals surface area contributed by atoms with E-state index in [2.05, 4.69) is 15.5 Å². The number of hydrogen-bond donors (Lipinski definition) is 1. The van der Waals surface area contributed by atoms with Gasteiger partial charge in [0.25, 0.3) is 0 Å². The number of aromatic nitrogens is 3. The molecule has 5 nitrogen and oxygen atoms in total. The maximum absolute atomic E-state index is 14.1. The fourth-order valence-corrected chi connectivity index (χ4v) is 3.46.